The van der Waals surface area contributed by atoms with Crippen LogP contribution < -0.4 is 0 Å². The number of amides is 1. The molecule has 1 aromatic carbocycles. The third-order valence-corrected chi connectivity index (χ3v) is 4.76. The SMILES string of the molecule is C=CCN(Cc1ccc(Cl)s1)C(=O)/C=C/c1ccc(Cl)c([N+](=O)[O-])c1. The largest absolute Gasteiger partial charge is 0.330 e. The summed E-state index contributed by atoms with van der Waals surface area (Å²) in [7, 11) is 0. The van der Waals surface area contributed by atoms with Gasteiger partial charge in [0, 0.05) is 23.6 Å². The molecule has 1 heterocycles. The molecule has 0 saturated heterocycles. The van der Waals surface area contributed by atoms with Crippen LogP contribution in [-0.4, -0.2) is 22.3 Å². The predicted octanol–water partition coefficient (Wildman–Crippen LogP) is 5.19. The summed E-state index contributed by atoms with van der Waals surface area (Å²) in [5, 5.41) is 11.0. The highest BCUT2D eigenvalue weighted by Crippen LogP contribution is 2.26. The van der Waals surface area contributed by atoms with Gasteiger partial charge >= 0.3 is 0 Å². The van der Waals surface area contributed by atoms with E-state index in [1.165, 1.54) is 35.6 Å². The summed E-state index contributed by atoms with van der Waals surface area (Å²) in [4.78, 5) is 25.3. The Bertz CT molecular complexity index is 833. The molecule has 130 valence electrons. The van der Waals surface area contributed by atoms with E-state index in [0.717, 1.165) is 4.88 Å². The fourth-order valence-corrected chi connectivity index (χ4v) is 3.35. The molecule has 0 atom stereocenters. The number of carbonyl (C=O) groups excluding carboxylic acids is 1. The van der Waals surface area contributed by atoms with E-state index in [0.29, 0.717) is 23.0 Å². The van der Waals surface area contributed by atoms with Crippen molar-refractivity contribution < 1.29 is 9.72 Å². The standard InChI is InChI=1S/C17H14Cl2N2O3S/c1-2-9-20(11-13-5-7-16(19)25-13)17(22)8-4-12-3-6-14(18)15(10-12)21(23)24/h2-8,10H,1,9,11H2/b8-4+. The molecule has 5 nitrogen and oxygen atoms in total. The van der Waals surface area contributed by atoms with Crippen molar-refractivity contribution in [2.75, 3.05) is 6.54 Å². The van der Waals surface area contributed by atoms with E-state index >= 15 is 0 Å². The lowest BCUT2D eigenvalue weighted by Crippen LogP contribution is -2.28. The van der Waals surface area contributed by atoms with Gasteiger partial charge in [-0.05, 0) is 29.8 Å². The highest BCUT2D eigenvalue weighted by molar-refractivity contribution is 7.16. The van der Waals surface area contributed by atoms with E-state index < -0.39 is 4.92 Å². The summed E-state index contributed by atoms with van der Waals surface area (Å²) in [6, 6.07) is 8.00. The first kappa shape index (κ1) is 19.2. The molecule has 0 fully saturated rings. The maximum Gasteiger partial charge on any atom is 0.288 e. The molecule has 2 aromatic rings. The van der Waals surface area contributed by atoms with Crippen molar-refractivity contribution in [2.24, 2.45) is 0 Å². The number of benzene rings is 1. The molecule has 1 aromatic heterocycles. The number of nitro groups is 1. The average Bonchev–Trinajstić information content (AvgIpc) is 2.98. The lowest BCUT2D eigenvalue weighted by atomic mass is 10.2. The second kappa shape index (κ2) is 8.80. The Labute approximate surface area is 158 Å². The minimum Gasteiger partial charge on any atom is -0.330 e. The summed E-state index contributed by atoms with van der Waals surface area (Å²) in [6.45, 7) is 4.44. The van der Waals surface area contributed by atoms with Crippen molar-refractivity contribution in [2.45, 2.75) is 6.54 Å². The molecular formula is C17H14Cl2N2O3S. The minimum absolute atomic E-state index is 0.0522. The van der Waals surface area contributed by atoms with E-state index in [9.17, 15) is 14.9 Å². The number of thiophene rings is 1. The van der Waals surface area contributed by atoms with Gasteiger partial charge in [-0.15, -0.1) is 17.9 Å². The van der Waals surface area contributed by atoms with Crippen LogP contribution >= 0.6 is 34.5 Å². The number of hydrogen-bond donors (Lipinski definition) is 0. The lowest BCUT2D eigenvalue weighted by molar-refractivity contribution is -0.384. The van der Waals surface area contributed by atoms with Gasteiger partial charge in [0.15, 0.2) is 0 Å². The first-order valence-corrected chi connectivity index (χ1v) is 8.74. The fourth-order valence-electron chi connectivity index (χ4n) is 2.06. The van der Waals surface area contributed by atoms with Crippen molar-refractivity contribution in [3.05, 3.63) is 79.0 Å². The van der Waals surface area contributed by atoms with Gasteiger partial charge in [-0.3, -0.25) is 14.9 Å². The van der Waals surface area contributed by atoms with Crippen molar-refractivity contribution >= 4 is 52.2 Å². The molecule has 0 radical (unpaired) electrons. The van der Waals surface area contributed by atoms with Crippen molar-refractivity contribution in [1.82, 2.24) is 4.90 Å². The Balaban J connectivity index is 2.14. The Morgan fingerprint density at radius 1 is 1.32 bits per heavy atom. The third-order valence-electron chi connectivity index (χ3n) is 3.22. The second-order valence-corrected chi connectivity index (χ2v) is 7.22. The molecule has 0 N–H and O–H groups in total. The lowest BCUT2D eigenvalue weighted by Gasteiger charge is -2.18. The summed E-state index contributed by atoms with van der Waals surface area (Å²) >= 11 is 13.1. The molecule has 0 aliphatic rings. The van der Waals surface area contributed by atoms with Gasteiger partial charge in [-0.2, -0.15) is 0 Å². The molecule has 25 heavy (non-hydrogen) atoms. The van der Waals surface area contributed by atoms with Gasteiger partial charge in [0.2, 0.25) is 5.91 Å². The Morgan fingerprint density at radius 2 is 2.08 bits per heavy atom. The Hall–Kier alpha value is -2.15. The number of halogens is 2. The summed E-state index contributed by atoms with van der Waals surface area (Å²) in [5.74, 6) is -0.234. The second-order valence-electron chi connectivity index (χ2n) is 5.01. The number of carbonyl (C=O) groups is 1. The number of nitrogens with zero attached hydrogens (tertiary/aromatic N) is 2. The number of hydrogen-bond acceptors (Lipinski definition) is 4. The first-order valence-electron chi connectivity index (χ1n) is 7.16. The molecule has 0 spiro atoms. The van der Waals surface area contributed by atoms with E-state index in [1.54, 1.807) is 23.1 Å². The Kier molecular flexibility index (Phi) is 6.75. The van der Waals surface area contributed by atoms with Gasteiger partial charge in [-0.1, -0.05) is 35.3 Å². The zero-order valence-electron chi connectivity index (χ0n) is 13.0. The van der Waals surface area contributed by atoms with E-state index in [2.05, 4.69) is 6.58 Å². The van der Waals surface area contributed by atoms with Crippen LogP contribution in [0.25, 0.3) is 6.08 Å². The molecule has 0 aliphatic carbocycles. The molecule has 0 bridgehead atoms. The van der Waals surface area contributed by atoms with E-state index in [-0.39, 0.29) is 16.6 Å². The third kappa shape index (κ3) is 5.42. The molecular weight excluding hydrogens is 383 g/mol. The highest BCUT2D eigenvalue weighted by atomic mass is 35.5. The van der Waals surface area contributed by atoms with Gasteiger partial charge < -0.3 is 4.90 Å². The van der Waals surface area contributed by atoms with Crippen molar-refractivity contribution in [3.8, 4) is 0 Å². The molecule has 8 heteroatoms. The number of nitro benzene ring substituents is 1. The van der Waals surface area contributed by atoms with Crippen LogP contribution in [-0.2, 0) is 11.3 Å². The van der Waals surface area contributed by atoms with Gasteiger partial charge in [0.25, 0.3) is 5.69 Å². The van der Waals surface area contributed by atoms with Crippen LogP contribution in [0.5, 0.6) is 0 Å². The fraction of sp³-hybridized carbons (Fsp3) is 0.118. The average molecular weight is 397 g/mol. The molecule has 1 amide bonds. The summed E-state index contributed by atoms with van der Waals surface area (Å²) < 4.78 is 0.657. The van der Waals surface area contributed by atoms with Gasteiger partial charge in [-0.25, -0.2) is 0 Å². The normalized spacial score (nSPS) is 10.8. The summed E-state index contributed by atoms with van der Waals surface area (Å²) in [5.41, 5.74) is 0.314. The zero-order valence-corrected chi connectivity index (χ0v) is 15.4. The van der Waals surface area contributed by atoms with Gasteiger partial charge in [0.1, 0.15) is 5.02 Å². The predicted molar refractivity (Wildman–Crippen MR) is 102 cm³/mol. The maximum absolute atomic E-state index is 12.4. The quantitative estimate of drug-likeness (QED) is 0.280. The summed E-state index contributed by atoms with van der Waals surface area (Å²) in [6.07, 6.45) is 4.52. The monoisotopic (exact) mass is 396 g/mol. The van der Waals surface area contributed by atoms with E-state index in [1.807, 2.05) is 6.07 Å². The highest BCUT2D eigenvalue weighted by Gasteiger charge is 2.13. The molecule has 0 unspecified atom stereocenters. The molecule has 0 aliphatic heterocycles. The number of rotatable bonds is 7. The minimum atomic E-state index is -0.563. The molecule has 2 rings (SSSR count). The topological polar surface area (TPSA) is 63.5 Å². The van der Waals surface area contributed by atoms with Crippen molar-refractivity contribution in [3.63, 3.8) is 0 Å². The smallest absolute Gasteiger partial charge is 0.288 e. The van der Waals surface area contributed by atoms with Crippen LogP contribution in [0.1, 0.15) is 10.4 Å². The van der Waals surface area contributed by atoms with Crippen molar-refractivity contribution in [1.29, 1.82) is 0 Å². The van der Waals surface area contributed by atoms with Crippen LogP contribution in [0.15, 0.2) is 49.1 Å². The van der Waals surface area contributed by atoms with Gasteiger partial charge in [0.05, 0.1) is 15.8 Å². The zero-order chi connectivity index (χ0) is 18.4. The molecule has 0 saturated carbocycles. The van der Waals surface area contributed by atoms with Crippen LogP contribution in [0.2, 0.25) is 9.36 Å². The Morgan fingerprint density at radius 3 is 2.68 bits per heavy atom. The van der Waals surface area contributed by atoms with E-state index in [4.69, 9.17) is 23.2 Å². The van der Waals surface area contributed by atoms with Crippen LogP contribution in [0.3, 0.4) is 0 Å². The maximum atomic E-state index is 12.4. The first-order chi connectivity index (χ1) is 11.9. The van der Waals surface area contributed by atoms with Crippen LogP contribution in [0.4, 0.5) is 5.69 Å². The van der Waals surface area contributed by atoms with Crippen LogP contribution in [0, 0.1) is 10.1 Å².